The van der Waals surface area contributed by atoms with Gasteiger partial charge in [-0.3, -0.25) is 14.4 Å². The lowest BCUT2D eigenvalue weighted by Crippen LogP contribution is -2.49. The van der Waals surface area contributed by atoms with Crippen molar-refractivity contribution in [1.29, 1.82) is 0 Å². The highest BCUT2D eigenvalue weighted by atomic mass is 16.5. The minimum Gasteiger partial charge on any atom is -0.493 e. The van der Waals surface area contributed by atoms with Gasteiger partial charge in [0.15, 0.2) is 11.5 Å². The van der Waals surface area contributed by atoms with Gasteiger partial charge in [0.1, 0.15) is 6.04 Å². The van der Waals surface area contributed by atoms with Gasteiger partial charge in [0, 0.05) is 30.8 Å². The second-order valence-corrected chi connectivity index (χ2v) is 8.37. The van der Waals surface area contributed by atoms with Crippen LogP contribution >= 0.6 is 0 Å². The molecule has 31 heavy (non-hydrogen) atoms. The largest absolute Gasteiger partial charge is 0.493 e. The van der Waals surface area contributed by atoms with Crippen molar-refractivity contribution in [3.63, 3.8) is 0 Å². The van der Waals surface area contributed by atoms with Gasteiger partial charge >= 0.3 is 0 Å². The maximum Gasteiger partial charge on any atom is 0.242 e. The quantitative estimate of drug-likeness (QED) is 0.646. The fourth-order valence-electron chi connectivity index (χ4n) is 4.27. The monoisotopic (exact) mass is 431 g/mol. The van der Waals surface area contributed by atoms with Gasteiger partial charge in [-0.05, 0) is 31.9 Å². The van der Waals surface area contributed by atoms with E-state index in [0.717, 1.165) is 25.7 Å². The summed E-state index contributed by atoms with van der Waals surface area (Å²) in [5, 5.41) is 5.85. The lowest BCUT2D eigenvalue weighted by atomic mass is 10.1. The van der Waals surface area contributed by atoms with Crippen molar-refractivity contribution in [3.8, 4) is 11.5 Å². The van der Waals surface area contributed by atoms with Crippen LogP contribution in [0, 0.1) is 5.92 Å². The topological polar surface area (TPSA) is 97.0 Å². The Kier molecular flexibility index (Phi) is 7.76. The van der Waals surface area contributed by atoms with Crippen LogP contribution in [0.3, 0.4) is 0 Å². The van der Waals surface area contributed by atoms with Crippen molar-refractivity contribution < 1.29 is 23.9 Å². The van der Waals surface area contributed by atoms with Gasteiger partial charge in [0.2, 0.25) is 17.7 Å². The molecule has 1 heterocycles. The van der Waals surface area contributed by atoms with E-state index in [1.165, 1.54) is 20.0 Å². The minimum absolute atomic E-state index is 0.108. The summed E-state index contributed by atoms with van der Waals surface area (Å²) in [7, 11) is 3.08. The first kappa shape index (κ1) is 22.9. The van der Waals surface area contributed by atoms with Crippen molar-refractivity contribution in [2.45, 2.75) is 64.0 Å². The van der Waals surface area contributed by atoms with Crippen molar-refractivity contribution >= 4 is 23.4 Å². The van der Waals surface area contributed by atoms with E-state index in [0.29, 0.717) is 17.2 Å². The number of nitrogens with zero attached hydrogens (tertiary/aromatic N) is 1. The first-order valence-corrected chi connectivity index (χ1v) is 11.1. The number of benzene rings is 1. The van der Waals surface area contributed by atoms with E-state index in [9.17, 15) is 14.4 Å². The lowest BCUT2D eigenvalue weighted by molar-refractivity contribution is -0.131. The van der Waals surface area contributed by atoms with Crippen molar-refractivity contribution in [2.24, 2.45) is 5.92 Å². The lowest BCUT2D eigenvalue weighted by Gasteiger charge is -2.21. The van der Waals surface area contributed by atoms with Gasteiger partial charge in [-0.1, -0.05) is 25.7 Å². The van der Waals surface area contributed by atoms with E-state index in [1.54, 1.807) is 37.1 Å². The molecular weight excluding hydrogens is 398 g/mol. The van der Waals surface area contributed by atoms with Crippen LogP contribution in [0.1, 0.15) is 51.9 Å². The number of amides is 3. The molecule has 1 aromatic rings. The molecule has 8 heteroatoms. The summed E-state index contributed by atoms with van der Waals surface area (Å²) in [6.45, 7) is 1.95. The number of ether oxygens (including phenoxy) is 2. The Morgan fingerprint density at radius 2 is 1.74 bits per heavy atom. The summed E-state index contributed by atoms with van der Waals surface area (Å²) in [4.78, 5) is 39.4. The highest BCUT2D eigenvalue weighted by Gasteiger charge is 2.36. The Bertz CT molecular complexity index is 804. The second-order valence-electron chi connectivity index (χ2n) is 8.37. The Morgan fingerprint density at radius 3 is 2.39 bits per heavy atom. The molecule has 1 aliphatic heterocycles. The molecule has 1 aliphatic carbocycles. The fraction of sp³-hybridized carbons (Fsp3) is 0.609. The molecule has 0 spiro atoms. The molecule has 2 atom stereocenters. The predicted molar refractivity (Wildman–Crippen MR) is 117 cm³/mol. The van der Waals surface area contributed by atoms with E-state index in [1.807, 2.05) is 0 Å². The summed E-state index contributed by atoms with van der Waals surface area (Å²) >= 11 is 0. The van der Waals surface area contributed by atoms with Crippen LogP contribution in [-0.4, -0.2) is 50.6 Å². The van der Waals surface area contributed by atoms with Gasteiger partial charge in [-0.2, -0.15) is 0 Å². The molecule has 1 saturated carbocycles. The maximum atomic E-state index is 12.7. The molecule has 1 aromatic carbocycles. The number of anilines is 1. The predicted octanol–water partition coefficient (Wildman–Crippen LogP) is 2.40. The third kappa shape index (κ3) is 5.68. The number of rotatable bonds is 7. The van der Waals surface area contributed by atoms with Gasteiger partial charge in [0.05, 0.1) is 20.1 Å². The zero-order valence-corrected chi connectivity index (χ0v) is 18.6. The van der Waals surface area contributed by atoms with E-state index in [-0.39, 0.29) is 36.7 Å². The van der Waals surface area contributed by atoms with Crippen LogP contribution in [0.5, 0.6) is 11.5 Å². The molecule has 1 saturated heterocycles. The first-order chi connectivity index (χ1) is 14.9. The van der Waals surface area contributed by atoms with E-state index in [4.69, 9.17) is 9.47 Å². The summed E-state index contributed by atoms with van der Waals surface area (Å²) in [6.07, 6.45) is 6.77. The molecule has 3 rings (SSSR count). The van der Waals surface area contributed by atoms with Crippen LogP contribution in [0.15, 0.2) is 18.2 Å². The molecule has 2 N–H and O–H groups in total. The molecule has 0 radical (unpaired) electrons. The van der Waals surface area contributed by atoms with Crippen LogP contribution in [0.4, 0.5) is 5.69 Å². The fourth-order valence-corrected chi connectivity index (χ4v) is 4.27. The molecule has 0 aromatic heterocycles. The zero-order valence-electron chi connectivity index (χ0n) is 18.6. The number of carbonyl (C=O) groups is 3. The third-order valence-corrected chi connectivity index (χ3v) is 6.13. The smallest absolute Gasteiger partial charge is 0.242 e. The highest BCUT2D eigenvalue weighted by molar-refractivity contribution is 6.01. The summed E-state index contributed by atoms with van der Waals surface area (Å²) < 4.78 is 10.5. The van der Waals surface area contributed by atoms with Gasteiger partial charge in [-0.25, -0.2) is 0 Å². The summed E-state index contributed by atoms with van der Waals surface area (Å²) in [5.41, 5.74) is 0.650. The van der Waals surface area contributed by atoms with Gasteiger partial charge in [-0.15, -0.1) is 0 Å². The van der Waals surface area contributed by atoms with Crippen molar-refractivity contribution in [3.05, 3.63) is 18.2 Å². The van der Waals surface area contributed by atoms with Crippen molar-refractivity contribution in [1.82, 2.24) is 10.6 Å². The molecule has 2 fully saturated rings. The zero-order chi connectivity index (χ0) is 22.4. The van der Waals surface area contributed by atoms with Crippen molar-refractivity contribution in [2.75, 3.05) is 25.7 Å². The van der Waals surface area contributed by atoms with Crippen LogP contribution in [-0.2, 0) is 14.4 Å². The molecule has 2 unspecified atom stereocenters. The Balaban J connectivity index is 1.56. The Morgan fingerprint density at radius 1 is 1.06 bits per heavy atom. The minimum atomic E-state index is -0.638. The Hall–Kier alpha value is -2.77. The standard InChI is InChI=1S/C23H33N3O5/c1-15(22(28)25-17-8-6-4-5-7-9-17)24-23(29)16-12-21(27)26(14-16)18-10-11-19(30-2)20(13-18)31-3/h10-11,13,15-17H,4-9,12,14H2,1-3H3,(H,24,29)(H,25,28). The number of hydrogen-bond acceptors (Lipinski definition) is 5. The van der Waals surface area contributed by atoms with Crippen LogP contribution in [0.2, 0.25) is 0 Å². The third-order valence-electron chi connectivity index (χ3n) is 6.13. The number of hydrogen-bond donors (Lipinski definition) is 2. The molecule has 0 bridgehead atoms. The molecule has 170 valence electrons. The van der Waals surface area contributed by atoms with Gasteiger partial charge in [0.25, 0.3) is 0 Å². The molecule has 2 aliphatic rings. The Labute approximate surface area is 183 Å². The molecule has 8 nitrogen and oxygen atoms in total. The van der Waals surface area contributed by atoms with Crippen LogP contribution in [0.25, 0.3) is 0 Å². The summed E-state index contributed by atoms with van der Waals surface area (Å²) in [6, 6.07) is 4.76. The maximum absolute atomic E-state index is 12.7. The van der Waals surface area contributed by atoms with E-state index < -0.39 is 12.0 Å². The highest BCUT2D eigenvalue weighted by Crippen LogP contribution is 2.34. The molecular formula is C23H33N3O5. The summed E-state index contributed by atoms with van der Waals surface area (Å²) in [5.74, 6) is 0.00280. The van der Waals surface area contributed by atoms with Gasteiger partial charge < -0.3 is 25.0 Å². The average molecular weight is 432 g/mol. The second kappa shape index (κ2) is 10.5. The normalized spacial score (nSPS) is 20.7. The SMILES string of the molecule is COc1ccc(N2CC(C(=O)NC(C)C(=O)NC3CCCCCC3)CC2=O)cc1OC. The average Bonchev–Trinajstić information content (AvgIpc) is 2.98. The van der Waals surface area contributed by atoms with Crippen LogP contribution < -0.4 is 25.0 Å². The number of carbonyl (C=O) groups excluding carboxylic acids is 3. The first-order valence-electron chi connectivity index (χ1n) is 11.1. The van der Waals surface area contributed by atoms with E-state index >= 15 is 0 Å². The number of nitrogens with one attached hydrogen (secondary N) is 2. The van der Waals surface area contributed by atoms with E-state index in [2.05, 4.69) is 10.6 Å². The number of methoxy groups -OCH3 is 2. The molecule has 3 amide bonds.